The summed E-state index contributed by atoms with van der Waals surface area (Å²) in [5.74, 6) is -1.92. The van der Waals surface area contributed by atoms with E-state index in [1.165, 1.54) is 17.0 Å². The first-order valence-corrected chi connectivity index (χ1v) is 5.41. The maximum Gasteiger partial charge on any atom is 0.261 e. The molecule has 94 valence electrons. The van der Waals surface area contributed by atoms with Gasteiger partial charge < -0.3 is 14.7 Å². The number of ether oxygens (including phenoxy) is 1. The van der Waals surface area contributed by atoms with Crippen LogP contribution in [0.3, 0.4) is 0 Å². The van der Waals surface area contributed by atoms with Gasteiger partial charge in [-0.25, -0.2) is 4.39 Å². The highest BCUT2D eigenvalue weighted by atomic mass is 19.1. The molecule has 0 aromatic heterocycles. The highest BCUT2D eigenvalue weighted by Crippen LogP contribution is 2.23. The molecule has 18 heavy (non-hydrogen) atoms. The summed E-state index contributed by atoms with van der Waals surface area (Å²) in [7, 11) is 0. The van der Waals surface area contributed by atoms with E-state index in [4.69, 9.17) is 10.00 Å². The average molecular weight is 250 g/mol. The molecule has 0 bridgehead atoms. The largest absolute Gasteiger partial charge is 0.507 e. The van der Waals surface area contributed by atoms with E-state index in [0.717, 1.165) is 6.07 Å². The number of hydrogen-bond donors (Lipinski definition) is 1. The Balaban J connectivity index is 2.33. The summed E-state index contributed by atoms with van der Waals surface area (Å²) in [6.07, 6.45) is 0. The van der Waals surface area contributed by atoms with Crippen LogP contribution in [0.2, 0.25) is 0 Å². The van der Waals surface area contributed by atoms with Crippen LogP contribution in [0.4, 0.5) is 4.39 Å². The fraction of sp³-hybridized carbons (Fsp3) is 0.333. The summed E-state index contributed by atoms with van der Waals surface area (Å²) >= 11 is 0. The maximum absolute atomic E-state index is 13.6. The number of nitrogens with zero attached hydrogens (tertiary/aromatic N) is 2. The van der Waals surface area contributed by atoms with Crippen molar-refractivity contribution in [3.8, 4) is 11.8 Å². The second-order valence-corrected chi connectivity index (χ2v) is 3.85. The van der Waals surface area contributed by atoms with Crippen LogP contribution in [0.15, 0.2) is 18.2 Å². The normalized spacial score (nSPS) is 19.3. The first kappa shape index (κ1) is 12.3. The molecule has 2 rings (SSSR count). The lowest BCUT2D eigenvalue weighted by Crippen LogP contribution is -2.48. The van der Waals surface area contributed by atoms with E-state index < -0.39 is 29.1 Å². The van der Waals surface area contributed by atoms with Gasteiger partial charge in [0.25, 0.3) is 5.91 Å². The summed E-state index contributed by atoms with van der Waals surface area (Å²) in [5.41, 5.74) is -0.403. The quantitative estimate of drug-likeness (QED) is 0.803. The third kappa shape index (κ3) is 2.13. The van der Waals surface area contributed by atoms with Gasteiger partial charge in [0.15, 0.2) is 0 Å². The van der Waals surface area contributed by atoms with Gasteiger partial charge in [-0.1, -0.05) is 6.07 Å². The van der Waals surface area contributed by atoms with Gasteiger partial charge in [0.2, 0.25) is 0 Å². The Kier molecular flexibility index (Phi) is 3.44. The van der Waals surface area contributed by atoms with Crippen molar-refractivity contribution < 1.29 is 19.0 Å². The molecule has 1 aromatic rings. The Hall–Kier alpha value is -2.13. The Bertz CT molecular complexity index is 492. The number of hydrogen-bond acceptors (Lipinski definition) is 4. The van der Waals surface area contributed by atoms with E-state index in [-0.39, 0.29) is 13.2 Å². The molecule has 1 amide bonds. The summed E-state index contributed by atoms with van der Waals surface area (Å²) in [6.45, 7) is 0.585. The second-order valence-electron chi connectivity index (χ2n) is 3.85. The molecular formula is C12H11FN2O3. The van der Waals surface area contributed by atoms with Crippen LogP contribution in [0, 0.1) is 17.1 Å². The summed E-state index contributed by atoms with van der Waals surface area (Å²) in [6, 6.07) is 4.79. The van der Waals surface area contributed by atoms with Crippen molar-refractivity contribution in [3.63, 3.8) is 0 Å². The summed E-state index contributed by atoms with van der Waals surface area (Å²) in [4.78, 5) is 13.3. The van der Waals surface area contributed by atoms with Gasteiger partial charge in [0.1, 0.15) is 23.2 Å². The SMILES string of the molecule is N#C[C@H]1COCCN1C(=O)c1c(O)cccc1F. The van der Waals surface area contributed by atoms with Crippen molar-refractivity contribution in [3.05, 3.63) is 29.6 Å². The number of carbonyl (C=O) groups excluding carboxylic acids is 1. The smallest absolute Gasteiger partial charge is 0.261 e. The number of aromatic hydroxyl groups is 1. The van der Waals surface area contributed by atoms with Crippen molar-refractivity contribution in [2.75, 3.05) is 19.8 Å². The number of nitriles is 1. The molecular weight excluding hydrogens is 239 g/mol. The van der Waals surface area contributed by atoms with E-state index in [1.54, 1.807) is 0 Å². The minimum absolute atomic E-state index is 0.0947. The fourth-order valence-corrected chi connectivity index (χ4v) is 1.82. The molecule has 1 aromatic carbocycles. The highest BCUT2D eigenvalue weighted by molar-refractivity contribution is 5.97. The predicted molar refractivity (Wildman–Crippen MR) is 59.3 cm³/mol. The molecule has 1 fully saturated rings. The van der Waals surface area contributed by atoms with Gasteiger partial charge in [-0.3, -0.25) is 4.79 Å². The van der Waals surface area contributed by atoms with Crippen LogP contribution in [-0.4, -0.2) is 41.7 Å². The Morgan fingerprint density at radius 1 is 1.61 bits per heavy atom. The molecule has 5 nitrogen and oxygen atoms in total. The summed E-state index contributed by atoms with van der Waals surface area (Å²) in [5, 5.41) is 18.5. The number of phenols is 1. The van der Waals surface area contributed by atoms with Crippen LogP contribution in [0.25, 0.3) is 0 Å². The fourth-order valence-electron chi connectivity index (χ4n) is 1.82. The van der Waals surface area contributed by atoms with Crippen molar-refractivity contribution in [1.82, 2.24) is 4.90 Å². The molecule has 0 saturated carbocycles. The van der Waals surface area contributed by atoms with E-state index >= 15 is 0 Å². The van der Waals surface area contributed by atoms with Gasteiger partial charge >= 0.3 is 0 Å². The number of benzene rings is 1. The maximum atomic E-state index is 13.6. The Morgan fingerprint density at radius 2 is 2.39 bits per heavy atom. The zero-order valence-electron chi connectivity index (χ0n) is 9.47. The number of rotatable bonds is 1. The lowest BCUT2D eigenvalue weighted by molar-refractivity contribution is 0.0128. The molecule has 6 heteroatoms. The van der Waals surface area contributed by atoms with Gasteiger partial charge in [-0.15, -0.1) is 0 Å². The summed E-state index contributed by atoms with van der Waals surface area (Å²) < 4.78 is 18.6. The first-order valence-electron chi connectivity index (χ1n) is 5.41. The molecule has 0 aliphatic carbocycles. The number of halogens is 1. The van der Waals surface area contributed by atoms with Crippen molar-refractivity contribution in [1.29, 1.82) is 5.26 Å². The van der Waals surface area contributed by atoms with Gasteiger partial charge in [0, 0.05) is 6.54 Å². The van der Waals surface area contributed by atoms with Crippen LogP contribution >= 0.6 is 0 Å². The zero-order chi connectivity index (χ0) is 13.1. The van der Waals surface area contributed by atoms with E-state index in [1.807, 2.05) is 6.07 Å². The molecule has 0 unspecified atom stereocenters. The molecule has 1 saturated heterocycles. The topological polar surface area (TPSA) is 73.6 Å². The van der Waals surface area contributed by atoms with E-state index in [2.05, 4.69) is 0 Å². The van der Waals surface area contributed by atoms with Gasteiger partial charge in [-0.05, 0) is 12.1 Å². The van der Waals surface area contributed by atoms with E-state index in [9.17, 15) is 14.3 Å². The molecule has 1 aliphatic heterocycles. The molecule has 1 N–H and O–H groups in total. The number of carbonyl (C=O) groups is 1. The predicted octanol–water partition coefficient (Wildman–Crippen LogP) is 0.896. The molecule has 1 atom stereocenters. The van der Waals surface area contributed by atoms with Crippen molar-refractivity contribution in [2.24, 2.45) is 0 Å². The lowest BCUT2D eigenvalue weighted by Gasteiger charge is -2.31. The third-order valence-electron chi connectivity index (χ3n) is 2.74. The Labute approximate surface area is 103 Å². The van der Waals surface area contributed by atoms with Crippen molar-refractivity contribution >= 4 is 5.91 Å². The van der Waals surface area contributed by atoms with Gasteiger partial charge in [0.05, 0.1) is 19.3 Å². The van der Waals surface area contributed by atoms with Crippen LogP contribution in [-0.2, 0) is 4.74 Å². The first-order chi connectivity index (χ1) is 8.65. The molecule has 0 radical (unpaired) electrons. The Morgan fingerprint density at radius 3 is 3.06 bits per heavy atom. The third-order valence-corrected chi connectivity index (χ3v) is 2.74. The molecule has 1 heterocycles. The van der Waals surface area contributed by atoms with Gasteiger partial charge in [-0.2, -0.15) is 5.26 Å². The highest BCUT2D eigenvalue weighted by Gasteiger charge is 2.30. The number of phenolic OH excluding ortho intramolecular Hbond substituents is 1. The average Bonchev–Trinajstić information content (AvgIpc) is 2.38. The van der Waals surface area contributed by atoms with Crippen LogP contribution in [0.1, 0.15) is 10.4 Å². The van der Waals surface area contributed by atoms with E-state index in [0.29, 0.717) is 6.61 Å². The minimum Gasteiger partial charge on any atom is -0.507 e. The number of morpholine rings is 1. The minimum atomic E-state index is -0.803. The second kappa shape index (κ2) is 5.02. The monoisotopic (exact) mass is 250 g/mol. The standard InChI is InChI=1S/C12H11FN2O3/c13-9-2-1-3-10(16)11(9)12(17)15-4-5-18-7-8(15)6-14/h1-3,8,16H,4-5,7H2/t8-/m0/s1. The molecule has 0 spiro atoms. The lowest BCUT2D eigenvalue weighted by atomic mass is 10.1. The van der Waals surface area contributed by atoms with Crippen LogP contribution in [0.5, 0.6) is 5.75 Å². The zero-order valence-corrected chi connectivity index (χ0v) is 9.47. The number of amides is 1. The van der Waals surface area contributed by atoms with Crippen molar-refractivity contribution in [2.45, 2.75) is 6.04 Å². The molecule has 1 aliphatic rings. The van der Waals surface area contributed by atoms with Crippen LogP contribution < -0.4 is 0 Å².